The molecule has 2 rings (SSSR count). The minimum atomic E-state index is -4.34. The summed E-state index contributed by atoms with van der Waals surface area (Å²) in [4.78, 5) is 14.9. The molecule has 20 heavy (non-hydrogen) atoms. The van der Waals surface area contributed by atoms with Gasteiger partial charge in [-0.15, -0.1) is 0 Å². The fraction of sp³-hybridized carbons (Fsp3) is 0.923. The number of hydrogen-bond acceptors (Lipinski definition) is 3. The molecule has 4 nitrogen and oxygen atoms in total. The van der Waals surface area contributed by atoms with Gasteiger partial charge in [0.2, 0.25) is 5.91 Å². The molecule has 0 aliphatic carbocycles. The normalized spacial score (nSPS) is 33.0. The number of piperidine rings is 1. The molecule has 0 radical (unpaired) electrons. The van der Waals surface area contributed by atoms with Crippen molar-refractivity contribution in [1.29, 1.82) is 0 Å². The Morgan fingerprint density at radius 1 is 1.40 bits per heavy atom. The Hall–Kier alpha value is -0.820. The first-order valence-corrected chi connectivity index (χ1v) is 6.95. The van der Waals surface area contributed by atoms with Crippen LogP contribution >= 0.6 is 0 Å². The van der Waals surface area contributed by atoms with Crippen molar-refractivity contribution in [3.8, 4) is 0 Å². The molecule has 0 aromatic carbocycles. The molecule has 7 heteroatoms. The summed E-state index contributed by atoms with van der Waals surface area (Å²) in [5.74, 6) is -0.426. The van der Waals surface area contributed by atoms with Crippen LogP contribution in [0.4, 0.5) is 13.2 Å². The number of rotatable bonds is 3. The zero-order chi connectivity index (χ0) is 15.0. The molecule has 2 aliphatic rings. The second-order valence-corrected chi connectivity index (χ2v) is 6.22. The van der Waals surface area contributed by atoms with E-state index in [2.05, 4.69) is 0 Å². The number of aliphatic hydroxyl groups excluding tert-OH is 1. The Labute approximate surface area is 116 Å². The maximum Gasteiger partial charge on any atom is 0.406 e. The molecule has 0 aromatic rings. The van der Waals surface area contributed by atoms with Crippen LogP contribution in [-0.2, 0) is 4.79 Å². The van der Waals surface area contributed by atoms with Gasteiger partial charge in [0.1, 0.15) is 6.54 Å². The zero-order valence-electron chi connectivity index (χ0n) is 11.6. The lowest BCUT2D eigenvalue weighted by atomic mass is 9.82. The second-order valence-electron chi connectivity index (χ2n) is 6.22. The largest absolute Gasteiger partial charge is 0.406 e. The smallest absolute Gasteiger partial charge is 0.396 e. The summed E-state index contributed by atoms with van der Waals surface area (Å²) in [7, 11) is 0. The number of alkyl halides is 3. The molecular formula is C13H21F3N2O2. The summed E-state index contributed by atoms with van der Waals surface area (Å²) in [6, 6.07) is -0.455. The predicted octanol–water partition coefficient (Wildman–Crippen LogP) is 1.24. The fourth-order valence-electron chi connectivity index (χ4n) is 3.19. The summed E-state index contributed by atoms with van der Waals surface area (Å²) in [6.45, 7) is 2.27. The van der Waals surface area contributed by atoms with Crippen molar-refractivity contribution in [3.63, 3.8) is 0 Å². The van der Waals surface area contributed by atoms with Crippen LogP contribution in [0.15, 0.2) is 0 Å². The number of halogens is 3. The first-order valence-electron chi connectivity index (χ1n) is 6.95. The van der Waals surface area contributed by atoms with E-state index in [0.29, 0.717) is 19.5 Å². The first kappa shape index (κ1) is 15.6. The zero-order valence-corrected chi connectivity index (χ0v) is 11.6. The fourth-order valence-corrected chi connectivity index (χ4v) is 3.19. The Balaban J connectivity index is 1.99. The Morgan fingerprint density at radius 3 is 2.70 bits per heavy atom. The summed E-state index contributed by atoms with van der Waals surface area (Å²) < 4.78 is 37.2. The van der Waals surface area contributed by atoms with Crippen molar-refractivity contribution in [2.45, 2.75) is 38.4 Å². The third-order valence-electron chi connectivity index (χ3n) is 4.27. The molecule has 1 amide bonds. The van der Waals surface area contributed by atoms with Gasteiger partial charge in [-0.05, 0) is 25.8 Å². The quantitative estimate of drug-likeness (QED) is 0.852. The Bertz CT molecular complexity index is 375. The van der Waals surface area contributed by atoms with Crippen LogP contribution in [-0.4, -0.2) is 65.8 Å². The van der Waals surface area contributed by atoms with Crippen molar-refractivity contribution >= 4 is 5.91 Å². The highest BCUT2D eigenvalue weighted by molar-refractivity contribution is 5.84. The average Bonchev–Trinajstić information content (AvgIpc) is 2.69. The van der Waals surface area contributed by atoms with Crippen LogP contribution in [0.2, 0.25) is 0 Å². The number of likely N-dealkylation sites (tertiary alicyclic amines) is 2. The van der Waals surface area contributed by atoms with E-state index in [9.17, 15) is 23.1 Å². The van der Waals surface area contributed by atoms with Crippen LogP contribution in [0.1, 0.15) is 26.2 Å². The van der Waals surface area contributed by atoms with Crippen LogP contribution in [0.3, 0.4) is 0 Å². The van der Waals surface area contributed by atoms with Crippen LogP contribution in [0.5, 0.6) is 0 Å². The topological polar surface area (TPSA) is 43.8 Å². The van der Waals surface area contributed by atoms with Crippen molar-refractivity contribution in [3.05, 3.63) is 0 Å². The van der Waals surface area contributed by atoms with Crippen LogP contribution < -0.4 is 0 Å². The van der Waals surface area contributed by atoms with Gasteiger partial charge in [-0.3, -0.25) is 9.69 Å². The lowest BCUT2D eigenvalue weighted by Crippen LogP contribution is -2.51. The molecule has 2 heterocycles. The van der Waals surface area contributed by atoms with Crippen molar-refractivity contribution in [2.24, 2.45) is 5.41 Å². The molecule has 2 unspecified atom stereocenters. The van der Waals surface area contributed by atoms with Gasteiger partial charge in [0.15, 0.2) is 0 Å². The summed E-state index contributed by atoms with van der Waals surface area (Å²) in [5.41, 5.74) is -0.254. The molecule has 1 N–H and O–H groups in total. The number of amides is 1. The van der Waals surface area contributed by atoms with Gasteiger partial charge < -0.3 is 10.0 Å². The highest BCUT2D eigenvalue weighted by Gasteiger charge is 2.43. The molecule has 2 saturated heterocycles. The number of carbonyl (C=O) groups excluding carboxylic acids is 1. The van der Waals surface area contributed by atoms with Gasteiger partial charge in [-0.1, -0.05) is 6.92 Å². The predicted molar refractivity (Wildman–Crippen MR) is 67.0 cm³/mol. The monoisotopic (exact) mass is 294 g/mol. The number of hydrogen-bond donors (Lipinski definition) is 1. The van der Waals surface area contributed by atoms with E-state index in [0.717, 1.165) is 17.7 Å². The third kappa shape index (κ3) is 3.44. The van der Waals surface area contributed by atoms with Gasteiger partial charge in [-0.25, -0.2) is 0 Å². The highest BCUT2D eigenvalue weighted by atomic mass is 19.4. The molecule has 0 saturated carbocycles. The summed E-state index contributed by atoms with van der Waals surface area (Å²) in [5, 5.41) is 9.41. The molecule has 2 fully saturated rings. The SMILES string of the molecule is CC1(CO)CCCN(C2CCN(CC(F)(F)F)C2=O)C1. The van der Waals surface area contributed by atoms with E-state index in [1.807, 2.05) is 11.8 Å². The maximum absolute atomic E-state index is 12.4. The van der Waals surface area contributed by atoms with E-state index >= 15 is 0 Å². The van der Waals surface area contributed by atoms with Crippen molar-refractivity contribution < 1.29 is 23.1 Å². The molecule has 2 atom stereocenters. The van der Waals surface area contributed by atoms with E-state index < -0.39 is 24.7 Å². The minimum absolute atomic E-state index is 0.0384. The lowest BCUT2D eigenvalue weighted by Gasteiger charge is -2.41. The van der Waals surface area contributed by atoms with E-state index in [-0.39, 0.29) is 18.6 Å². The van der Waals surface area contributed by atoms with Crippen molar-refractivity contribution in [1.82, 2.24) is 9.80 Å². The van der Waals surface area contributed by atoms with E-state index in [4.69, 9.17) is 0 Å². The molecule has 116 valence electrons. The number of carbonyl (C=O) groups is 1. The van der Waals surface area contributed by atoms with Crippen LogP contribution in [0, 0.1) is 5.41 Å². The second kappa shape index (κ2) is 5.52. The number of nitrogens with zero attached hydrogens (tertiary/aromatic N) is 2. The van der Waals surface area contributed by atoms with Gasteiger partial charge in [-0.2, -0.15) is 13.2 Å². The Morgan fingerprint density at radius 2 is 2.10 bits per heavy atom. The molecule has 0 bridgehead atoms. The molecule has 2 aliphatic heterocycles. The third-order valence-corrected chi connectivity index (χ3v) is 4.27. The van der Waals surface area contributed by atoms with Gasteiger partial charge in [0.05, 0.1) is 6.04 Å². The summed E-state index contributed by atoms with van der Waals surface area (Å²) in [6.07, 6.45) is -2.16. The molecule has 0 spiro atoms. The van der Waals surface area contributed by atoms with Gasteiger partial charge in [0, 0.05) is 25.1 Å². The maximum atomic E-state index is 12.4. The van der Waals surface area contributed by atoms with Gasteiger partial charge in [0.25, 0.3) is 0 Å². The average molecular weight is 294 g/mol. The van der Waals surface area contributed by atoms with E-state index in [1.165, 1.54) is 0 Å². The van der Waals surface area contributed by atoms with Crippen molar-refractivity contribution in [2.75, 3.05) is 32.8 Å². The first-order chi connectivity index (χ1) is 9.24. The molecular weight excluding hydrogens is 273 g/mol. The highest BCUT2D eigenvalue weighted by Crippen LogP contribution is 2.32. The Kier molecular flexibility index (Phi) is 4.30. The van der Waals surface area contributed by atoms with Crippen LogP contribution in [0.25, 0.3) is 0 Å². The number of aliphatic hydroxyl groups is 1. The molecule has 0 aromatic heterocycles. The van der Waals surface area contributed by atoms with E-state index in [1.54, 1.807) is 0 Å². The lowest BCUT2D eigenvalue weighted by molar-refractivity contribution is -0.159. The standard InChI is InChI=1S/C13H21F3N2O2/c1-12(9-19)4-2-5-17(7-12)10-3-6-18(11(10)20)8-13(14,15)16/h10,19H,2-9H2,1H3. The summed E-state index contributed by atoms with van der Waals surface area (Å²) >= 11 is 0. The minimum Gasteiger partial charge on any atom is -0.396 e. The van der Waals surface area contributed by atoms with Gasteiger partial charge >= 0.3 is 6.18 Å².